The first kappa shape index (κ1) is 26.9. The molecule has 0 fully saturated rings. The molecule has 9 heteroatoms. The fourth-order valence-corrected chi connectivity index (χ4v) is 5.35. The third-order valence-electron chi connectivity index (χ3n) is 5.84. The molecule has 3 aromatic rings. The largest absolute Gasteiger partial charge is 0.357 e. The maximum Gasteiger partial charge on any atom is 0.264 e. The van der Waals surface area contributed by atoms with E-state index in [1.54, 1.807) is 25.1 Å². The molecule has 36 heavy (non-hydrogen) atoms. The van der Waals surface area contributed by atoms with Gasteiger partial charge in [-0.3, -0.25) is 13.9 Å². The number of likely N-dealkylation sites (N-methyl/N-ethyl adjacent to an activating group) is 1. The number of halogens is 1. The van der Waals surface area contributed by atoms with E-state index in [-0.39, 0.29) is 23.0 Å². The summed E-state index contributed by atoms with van der Waals surface area (Å²) in [7, 11) is -2.66. The molecular weight excluding hydrogens is 481 g/mol. The molecule has 190 valence electrons. The number of carbonyl (C=O) groups excluding carboxylic acids is 2. The van der Waals surface area contributed by atoms with Crippen LogP contribution in [-0.2, 0) is 26.0 Å². The zero-order valence-corrected chi connectivity index (χ0v) is 21.1. The van der Waals surface area contributed by atoms with E-state index in [0.717, 1.165) is 22.0 Å². The van der Waals surface area contributed by atoms with Gasteiger partial charge in [0.15, 0.2) is 0 Å². The van der Waals surface area contributed by atoms with Crippen LogP contribution in [0.25, 0.3) is 0 Å². The van der Waals surface area contributed by atoms with Gasteiger partial charge in [-0.25, -0.2) is 12.8 Å². The van der Waals surface area contributed by atoms with Gasteiger partial charge in [0.05, 0.1) is 10.6 Å². The van der Waals surface area contributed by atoms with Crippen molar-refractivity contribution < 1.29 is 22.4 Å². The molecule has 2 amide bonds. The zero-order chi connectivity index (χ0) is 26.1. The summed E-state index contributed by atoms with van der Waals surface area (Å²) >= 11 is 0. The summed E-state index contributed by atoms with van der Waals surface area (Å²) in [5, 5.41) is 2.59. The number of rotatable bonds is 11. The summed E-state index contributed by atoms with van der Waals surface area (Å²) in [6.07, 6.45) is 0.838. The topological polar surface area (TPSA) is 86.8 Å². The fourth-order valence-electron chi connectivity index (χ4n) is 3.92. The van der Waals surface area contributed by atoms with Crippen LogP contribution >= 0.6 is 0 Å². The van der Waals surface area contributed by atoms with Gasteiger partial charge in [-0.15, -0.1) is 0 Å². The average Bonchev–Trinajstić information content (AvgIpc) is 2.90. The third-order valence-corrected chi connectivity index (χ3v) is 7.63. The van der Waals surface area contributed by atoms with Gasteiger partial charge in [-0.2, -0.15) is 0 Å². The van der Waals surface area contributed by atoms with Gasteiger partial charge in [0, 0.05) is 13.6 Å². The molecule has 0 aliphatic heterocycles. The summed E-state index contributed by atoms with van der Waals surface area (Å²) in [5.74, 6) is -1.40. The molecule has 1 unspecified atom stereocenters. The molecule has 0 spiro atoms. The minimum Gasteiger partial charge on any atom is -0.357 e. The second-order valence-electron chi connectivity index (χ2n) is 8.16. The van der Waals surface area contributed by atoms with E-state index in [1.807, 2.05) is 30.3 Å². The first-order chi connectivity index (χ1) is 17.3. The summed E-state index contributed by atoms with van der Waals surface area (Å²) in [6.45, 7) is 1.46. The number of hydrogen-bond acceptors (Lipinski definition) is 4. The maximum atomic E-state index is 13.7. The molecule has 3 rings (SSSR count). The third kappa shape index (κ3) is 6.48. The van der Waals surface area contributed by atoms with E-state index < -0.39 is 34.3 Å². The standard InChI is InChI=1S/C27H30FN3O4S/c1-3-25(27(33)29-2)30(19-18-21-10-6-4-7-11-21)26(32)20-31(23-16-14-22(28)15-17-23)36(34,35)24-12-8-5-9-13-24/h4-17,25H,3,18-20H2,1-2H3,(H,29,33). The quantitative estimate of drug-likeness (QED) is 0.426. The Labute approximate surface area is 211 Å². The fraction of sp³-hybridized carbons (Fsp3) is 0.259. The van der Waals surface area contributed by atoms with Crippen molar-refractivity contribution in [3.63, 3.8) is 0 Å². The van der Waals surface area contributed by atoms with E-state index >= 15 is 0 Å². The Morgan fingerprint density at radius 3 is 2.06 bits per heavy atom. The minimum absolute atomic E-state index is 0.00342. The van der Waals surface area contributed by atoms with Crippen molar-refractivity contribution >= 4 is 27.5 Å². The number of carbonyl (C=O) groups is 2. The molecule has 1 N–H and O–H groups in total. The second-order valence-corrected chi connectivity index (χ2v) is 10.0. The molecule has 0 aliphatic carbocycles. The lowest BCUT2D eigenvalue weighted by atomic mass is 10.1. The highest BCUT2D eigenvalue weighted by Crippen LogP contribution is 2.24. The Bertz CT molecular complexity index is 1250. The molecule has 3 aromatic carbocycles. The van der Waals surface area contributed by atoms with Gasteiger partial charge < -0.3 is 10.2 Å². The van der Waals surface area contributed by atoms with E-state index in [4.69, 9.17) is 0 Å². The Balaban J connectivity index is 1.98. The number of nitrogens with one attached hydrogen (secondary N) is 1. The molecule has 0 radical (unpaired) electrons. The predicted molar refractivity (Wildman–Crippen MR) is 137 cm³/mol. The lowest BCUT2D eigenvalue weighted by Gasteiger charge is -2.33. The normalized spacial score (nSPS) is 12.0. The van der Waals surface area contributed by atoms with Crippen LogP contribution in [0, 0.1) is 5.82 Å². The van der Waals surface area contributed by atoms with Crippen molar-refractivity contribution in [2.24, 2.45) is 0 Å². The van der Waals surface area contributed by atoms with Crippen LogP contribution in [0.4, 0.5) is 10.1 Å². The van der Waals surface area contributed by atoms with Gasteiger partial charge in [-0.1, -0.05) is 55.5 Å². The Hall–Kier alpha value is -3.72. The number of anilines is 1. The Kier molecular flexibility index (Phi) is 9.19. The number of amides is 2. The van der Waals surface area contributed by atoms with Crippen LogP contribution in [0.3, 0.4) is 0 Å². The van der Waals surface area contributed by atoms with Crippen molar-refractivity contribution in [1.82, 2.24) is 10.2 Å². The van der Waals surface area contributed by atoms with Crippen molar-refractivity contribution in [2.45, 2.75) is 30.7 Å². The molecule has 0 aliphatic rings. The zero-order valence-electron chi connectivity index (χ0n) is 20.3. The highest BCUT2D eigenvalue weighted by atomic mass is 32.2. The smallest absolute Gasteiger partial charge is 0.264 e. The Morgan fingerprint density at radius 2 is 1.50 bits per heavy atom. The first-order valence-electron chi connectivity index (χ1n) is 11.7. The van der Waals surface area contributed by atoms with Crippen LogP contribution in [-0.4, -0.2) is 51.3 Å². The highest BCUT2D eigenvalue weighted by molar-refractivity contribution is 7.92. The maximum absolute atomic E-state index is 13.7. The highest BCUT2D eigenvalue weighted by Gasteiger charge is 2.33. The van der Waals surface area contributed by atoms with Crippen LogP contribution < -0.4 is 9.62 Å². The summed E-state index contributed by atoms with van der Waals surface area (Å²) in [5.41, 5.74) is 1.12. The summed E-state index contributed by atoms with van der Waals surface area (Å²) in [6, 6.07) is 21.4. The molecule has 1 atom stereocenters. The van der Waals surface area contributed by atoms with Crippen molar-refractivity contribution in [2.75, 3.05) is 24.4 Å². The van der Waals surface area contributed by atoms with Crippen LogP contribution in [0.2, 0.25) is 0 Å². The molecule has 0 saturated heterocycles. The molecule has 0 saturated carbocycles. The predicted octanol–water partition coefficient (Wildman–Crippen LogP) is 3.62. The summed E-state index contributed by atoms with van der Waals surface area (Å²) < 4.78 is 41.7. The number of benzene rings is 3. The van der Waals surface area contributed by atoms with Crippen molar-refractivity contribution in [1.29, 1.82) is 0 Å². The lowest BCUT2D eigenvalue weighted by Crippen LogP contribution is -2.52. The van der Waals surface area contributed by atoms with Crippen LogP contribution in [0.1, 0.15) is 18.9 Å². The van der Waals surface area contributed by atoms with Gasteiger partial charge in [-0.05, 0) is 54.8 Å². The monoisotopic (exact) mass is 511 g/mol. The van der Waals surface area contributed by atoms with Crippen LogP contribution in [0.15, 0.2) is 89.8 Å². The number of nitrogens with zero attached hydrogens (tertiary/aromatic N) is 2. The van der Waals surface area contributed by atoms with E-state index in [9.17, 15) is 22.4 Å². The average molecular weight is 512 g/mol. The van der Waals surface area contributed by atoms with E-state index in [0.29, 0.717) is 12.8 Å². The summed E-state index contributed by atoms with van der Waals surface area (Å²) in [4.78, 5) is 27.7. The first-order valence-corrected chi connectivity index (χ1v) is 13.1. The molecule has 0 bridgehead atoms. The van der Waals surface area contributed by atoms with Crippen LogP contribution in [0.5, 0.6) is 0 Å². The van der Waals surface area contributed by atoms with E-state index in [1.165, 1.54) is 36.2 Å². The molecule has 7 nitrogen and oxygen atoms in total. The Morgan fingerprint density at radius 1 is 0.917 bits per heavy atom. The van der Waals surface area contributed by atoms with Gasteiger partial charge in [0.25, 0.3) is 10.0 Å². The molecule has 0 heterocycles. The van der Waals surface area contributed by atoms with Gasteiger partial charge in [0.1, 0.15) is 18.4 Å². The minimum atomic E-state index is -4.16. The van der Waals surface area contributed by atoms with Gasteiger partial charge >= 0.3 is 0 Å². The van der Waals surface area contributed by atoms with Gasteiger partial charge in [0.2, 0.25) is 11.8 Å². The SMILES string of the molecule is CCC(C(=O)NC)N(CCc1ccccc1)C(=O)CN(c1ccc(F)cc1)S(=O)(=O)c1ccccc1. The lowest BCUT2D eigenvalue weighted by molar-refractivity contribution is -0.139. The van der Waals surface area contributed by atoms with E-state index in [2.05, 4.69) is 5.32 Å². The number of hydrogen-bond donors (Lipinski definition) is 1. The molecular formula is C27H30FN3O4S. The van der Waals surface area contributed by atoms with Crippen molar-refractivity contribution in [3.05, 3.63) is 96.3 Å². The molecule has 0 aromatic heterocycles. The second kappa shape index (κ2) is 12.3. The number of sulfonamides is 1. The van der Waals surface area contributed by atoms with Crippen molar-refractivity contribution in [3.8, 4) is 0 Å².